The Balaban J connectivity index is 2.95. The summed E-state index contributed by atoms with van der Waals surface area (Å²) in [5.74, 6) is 1.36. The van der Waals surface area contributed by atoms with Crippen LogP contribution < -0.4 is 5.73 Å². The van der Waals surface area contributed by atoms with Crippen LogP contribution in [0.15, 0.2) is 12.3 Å². The number of rotatable bonds is 3. The molecule has 0 amide bonds. The first kappa shape index (κ1) is 11.2. The van der Waals surface area contributed by atoms with Crippen molar-refractivity contribution in [3.63, 3.8) is 0 Å². The molecule has 1 aromatic rings. The van der Waals surface area contributed by atoms with Crippen LogP contribution in [0.3, 0.4) is 0 Å². The first-order chi connectivity index (χ1) is 6.57. The van der Waals surface area contributed by atoms with E-state index < -0.39 is 0 Å². The van der Waals surface area contributed by atoms with E-state index in [1.165, 1.54) is 11.8 Å². The molecule has 0 bridgehead atoms. The number of anilines is 1. The molecular weight excluding hydrogens is 196 g/mol. The maximum Gasteiger partial charge on any atom is 0.223 e. The summed E-state index contributed by atoms with van der Waals surface area (Å²) in [6, 6.07) is 2.09. The largest absolute Gasteiger partial charge is 0.384 e. The highest BCUT2D eigenvalue weighted by Crippen LogP contribution is 2.22. The van der Waals surface area contributed by atoms with Crippen LogP contribution in [0, 0.1) is 0 Å². The van der Waals surface area contributed by atoms with Gasteiger partial charge < -0.3 is 10.3 Å². The highest BCUT2D eigenvalue weighted by atomic mass is 32.2. The summed E-state index contributed by atoms with van der Waals surface area (Å²) < 4.78 is 1.91. The van der Waals surface area contributed by atoms with Gasteiger partial charge in [-0.15, -0.1) is 0 Å². The molecule has 14 heavy (non-hydrogen) atoms. The summed E-state index contributed by atoms with van der Waals surface area (Å²) in [7, 11) is 0. The first-order valence-electron chi connectivity index (χ1n) is 4.71. The average Bonchev–Trinajstić information content (AvgIpc) is 2.47. The van der Waals surface area contributed by atoms with Crippen molar-refractivity contribution < 1.29 is 4.79 Å². The zero-order valence-corrected chi connectivity index (χ0v) is 9.60. The Morgan fingerprint density at radius 2 is 2.29 bits per heavy atom. The lowest BCUT2D eigenvalue weighted by Crippen LogP contribution is -2.06. The molecule has 0 unspecified atom stereocenters. The number of nitrogens with two attached hydrogens (primary N) is 1. The van der Waals surface area contributed by atoms with E-state index in [0.717, 1.165) is 5.75 Å². The van der Waals surface area contributed by atoms with Crippen LogP contribution in [0.5, 0.6) is 0 Å². The van der Waals surface area contributed by atoms with Gasteiger partial charge in [0.15, 0.2) is 0 Å². The lowest BCUT2D eigenvalue weighted by molar-refractivity contribution is 0.109. The second kappa shape index (κ2) is 4.55. The Bertz CT molecular complexity index is 331. The molecule has 0 atom stereocenters. The van der Waals surface area contributed by atoms with Gasteiger partial charge in [0.25, 0.3) is 0 Å². The van der Waals surface area contributed by atoms with Crippen LogP contribution in [0.25, 0.3) is 0 Å². The molecule has 1 heterocycles. The Labute approximate surface area is 88.7 Å². The molecule has 0 aliphatic rings. The van der Waals surface area contributed by atoms with Crippen molar-refractivity contribution in [1.82, 2.24) is 4.57 Å². The summed E-state index contributed by atoms with van der Waals surface area (Å²) in [4.78, 5) is 11.6. The smallest absolute Gasteiger partial charge is 0.223 e. The Morgan fingerprint density at radius 3 is 2.71 bits per heavy atom. The van der Waals surface area contributed by atoms with Crippen LogP contribution in [-0.2, 0) is 0 Å². The van der Waals surface area contributed by atoms with E-state index in [9.17, 15) is 4.79 Å². The molecule has 1 aromatic heterocycles. The fourth-order valence-corrected chi connectivity index (χ4v) is 1.88. The molecule has 0 aliphatic heterocycles. The molecule has 0 aromatic carbocycles. The van der Waals surface area contributed by atoms with Crippen LogP contribution in [-0.4, -0.2) is 15.4 Å². The number of hydrogen-bond acceptors (Lipinski definition) is 3. The van der Waals surface area contributed by atoms with Gasteiger partial charge in [-0.1, -0.05) is 18.7 Å². The van der Waals surface area contributed by atoms with Crippen molar-refractivity contribution >= 4 is 22.7 Å². The van der Waals surface area contributed by atoms with E-state index in [1.807, 2.05) is 31.5 Å². The molecule has 0 saturated heterocycles. The van der Waals surface area contributed by atoms with Crippen LogP contribution in [0.1, 0.15) is 37.2 Å². The molecule has 1 rings (SSSR count). The maximum atomic E-state index is 11.6. The quantitative estimate of drug-likeness (QED) is 0.837. The molecular formula is C10H16N2OS. The minimum atomic E-state index is 0.0596. The van der Waals surface area contributed by atoms with Gasteiger partial charge in [-0.2, -0.15) is 0 Å². The lowest BCUT2D eigenvalue weighted by atomic mass is 10.3. The minimum Gasteiger partial charge on any atom is -0.384 e. The van der Waals surface area contributed by atoms with Crippen molar-refractivity contribution in [1.29, 1.82) is 0 Å². The standard InChI is InChI=1S/C10H16N2OS/c1-4-14-10(13)8-5-6-12(7(2)3)9(8)11/h5-7H,4,11H2,1-3H3. The van der Waals surface area contributed by atoms with E-state index in [0.29, 0.717) is 17.4 Å². The SMILES string of the molecule is CCSC(=O)c1ccn(C(C)C)c1N. The molecule has 0 saturated carbocycles. The van der Waals surface area contributed by atoms with E-state index in [2.05, 4.69) is 0 Å². The molecule has 2 N–H and O–H groups in total. The Hall–Kier alpha value is -0.900. The third-order valence-corrected chi connectivity index (χ3v) is 2.78. The molecule has 4 heteroatoms. The van der Waals surface area contributed by atoms with Gasteiger partial charge >= 0.3 is 0 Å². The van der Waals surface area contributed by atoms with E-state index >= 15 is 0 Å². The summed E-state index contributed by atoms with van der Waals surface area (Å²) in [6.45, 7) is 6.04. The van der Waals surface area contributed by atoms with Crippen molar-refractivity contribution in [3.8, 4) is 0 Å². The maximum absolute atomic E-state index is 11.6. The summed E-state index contributed by atoms with van der Waals surface area (Å²) in [5, 5.41) is 0.0596. The lowest BCUT2D eigenvalue weighted by Gasteiger charge is -2.09. The molecule has 0 fully saturated rings. The predicted octanol–water partition coefficient (Wildman–Crippen LogP) is 2.54. The fraction of sp³-hybridized carbons (Fsp3) is 0.500. The van der Waals surface area contributed by atoms with Crippen LogP contribution in [0.4, 0.5) is 5.82 Å². The van der Waals surface area contributed by atoms with Crippen LogP contribution >= 0.6 is 11.8 Å². The number of hydrogen-bond donors (Lipinski definition) is 1. The van der Waals surface area contributed by atoms with Gasteiger partial charge in [-0.25, -0.2) is 0 Å². The Kier molecular flexibility index (Phi) is 3.63. The van der Waals surface area contributed by atoms with Gasteiger partial charge in [-0.3, -0.25) is 4.79 Å². The van der Waals surface area contributed by atoms with Gasteiger partial charge in [0.1, 0.15) is 5.82 Å². The number of nitrogen functional groups attached to an aromatic ring is 1. The predicted molar refractivity (Wildman–Crippen MR) is 61.7 cm³/mol. The Morgan fingerprint density at radius 1 is 1.64 bits per heavy atom. The van der Waals surface area contributed by atoms with Gasteiger partial charge in [0.2, 0.25) is 5.12 Å². The van der Waals surface area contributed by atoms with E-state index in [4.69, 9.17) is 5.73 Å². The molecule has 78 valence electrons. The van der Waals surface area contributed by atoms with Crippen molar-refractivity contribution in [2.45, 2.75) is 26.8 Å². The molecule has 0 radical (unpaired) electrons. The highest BCUT2D eigenvalue weighted by Gasteiger charge is 2.14. The topological polar surface area (TPSA) is 48.0 Å². The normalized spacial score (nSPS) is 10.9. The number of aromatic nitrogens is 1. The van der Waals surface area contributed by atoms with Crippen molar-refractivity contribution in [3.05, 3.63) is 17.8 Å². The number of carbonyl (C=O) groups excluding carboxylic acids is 1. The first-order valence-corrected chi connectivity index (χ1v) is 5.70. The second-order valence-corrected chi connectivity index (χ2v) is 4.57. The highest BCUT2D eigenvalue weighted by molar-refractivity contribution is 8.14. The third kappa shape index (κ3) is 2.12. The van der Waals surface area contributed by atoms with E-state index in [1.54, 1.807) is 6.07 Å². The van der Waals surface area contributed by atoms with Crippen molar-refractivity contribution in [2.75, 3.05) is 11.5 Å². The zero-order chi connectivity index (χ0) is 10.7. The van der Waals surface area contributed by atoms with Crippen molar-refractivity contribution in [2.24, 2.45) is 0 Å². The average molecular weight is 212 g/mol. The number of nitrogens with zero attached hydrogens (tertiary/aromatic N) is 1. The summed E-state index contributed by atoms with van der Waals surface area (Å²) in [6.07, 6.45) is 1.86. The fourth-order valence-electron chi connectivity index (χ4n) is 1.29. The minimum absolute atomic E-state index is 0.0596. The third-order valence-electron chi connectivity index (χ3n) is 2.01. The second-order valence-electron chi connectivity index (χ2n) is 3.34. The van der Waals surface area contributed by atoms with Gasteiger partial charge in [0, 0.05) is 12.2 Å². The van der Waals surface area contributed by atoms with Crippen LogP contribution in [0.2, 0.25) is 0 Å². The molecule has 0 spiro atoms. The summed E-state index contributed by atoms with van der Waals surface area (Å²) in [5.41, 5.74) is 6.49. The monoisotopic (exact) mass is 212 g/mol. The summed E-state index contributed by atoms with van der Waals surface area (Å²) >= 11 is 1.29. The molecule has 0 aliphatic carbocycles. The number of thioether (sulfide) groups is 1. The van der Waals surface area contributed by atoms with Gasteiger partial charge in [-0.05, 0) is 25.7 Å². The zero-order valence-electron chi connectivity index (χ0n) is 8.78. The molecule has 3 nitrogen and oxygen atoms in total. The number of carbonyl (C=O) groups is 1. The van der Waals surface area contributed by atoms with E-state index in [-0.39, 0.29) is 5.12 Å². The van der Waals surface area contributed by atoms with Gasteiger partial charge in [0.05, 0.1) is 5.56 Å².